The molecule has 5 atom stereocenters. The molecule has 2 fully saturated rings. The predicted molar refractivity (Wildman–Crippen MR) is 148 cm³/mol. The minimum atomic E-state index is -0.619. The third-order valence-corrected chi connectivity index (χ3v) is 8.79. The summed E-state index contributed by atoms with van der Waals surface area (Å²) in [6.45, 7) is 6.93. The van der Waals surface area contributed by atoms with Crippen LogP contribution in [0.25, 0.3) is 10.9 Å². The van der Waals surface area contributed by atoms with Gasteiger partial charge < -0.3 is 29.4 Å². The summed E-state index contributed by atoms with van der Waals surface area (Å²) in [4.78, 5) is 31.1. The number of H-pyrrole nitrogens is 1. The SMILES string of the molecule is COc1ccc2c(c1)OC(C)(C)[C@@H]1C[C@H]3CN(C(=O)[C@@H](Cc4c[nH]c5ccccc45)NC(C)=O)CC[C@H]3O[C@@H]21. The van der Waals surface area contributed by atoms with Crippen LogP contribution in [0.1, 0.15) is 50.8 Å². The molecule has 2 amide bonds. The topological polar surface area (TPSA) is 92.9 Å². The van der Waals surface area contributed by atoms with Gasteiger partial charge in [-0.2, -0.15) is 0 Å². The number of hydrogen-bond acceptors (Lipinski definition) is 5. The first-order valence-electron chi connectivity index (χ1n) is 13.9. The van der Waals surface area contributed by atoms with Gasteiger partial charge >= 0.3 is 0 Å². The molecule has 0 bridgehead atoms. The van der Waals surface area contributed by atoms with E-state index in [0.717, 1.165) is 46.4 Å². The predicted octanol–water partition coefficient (Wildman–Crippen LogP) is 4.39. The van der Waals surface area contributed by atoms with Gasteiger partial charge in [-0.1, -0.05) is 18.2 Å². The van der Waals surface area contributed by atoms with Crippen molar-refractivity contribution < 1.29 is 23.8 Å². The zero-order valence-electron chi connectivity index (χ0n) is 23.0. The van der Waals surface area contributed by atoms with Crippen LogP contribution >= 0.6 is 0 Å². The van der Waals surface area contributed by atoms with E-state index in [4.69, 9.17) is 14.2 Å². The van der Waals surface area contributed by atoms with Crippen LogP contribution in [0.2, 0.25) is 0 Å². The van der Waals surface area contributed by atoms with Gasteiger partial charge in [0.25, 0.3) is 0 Å². The fourth-order valence-electron chi connectivity index (χ4n) is 6.80. The minimum Gasteiger partial charge on any atom is -0.497 e. The lowest BCUT2D eigenvalue weighted by molar-refractivity contribution is -0.189. The van der Waals surface area contributed by atoms with Crippen LogP contribution in [0.5, 0.6) is 11.5 Å². The van der Waals surface area contributed by atoms with Crippen LogP contribution < -0.4 is 14.8 Å². The molecule has 206 valence electrons. The van der Waals surface area contributed by atoms with Gasteiger partial charge in [0.2, 0.25) is 11.8 Å². The van der Waals surface area contributed by atoms with Crippen LogP contribution in [0.4, 0.5) is 0 Å². The Balaban J connectivity index is 1.20. The molecule has 0 saturated carbocycles. The Labute approximate surface area is 229 Å². The molecule has 39 heavy (non-hydrogen) atoms. The Morgan fingerprint density at radius 2 is 2.05 bits per heavy atom. The summed E-state index contributed by atoms with van der Waals surface area (Å²) in [6, 6.07) is 13.4. The number of para-hydroxylation sites is 1. The fourth-order valence-corrected chi connectivity index (χ4v) is 6.80. The highest BCUT2D eigenvalue weighted by Crippen LogP contribution is 2.53. The lowest BCUT2D eigenvalue weighted by Gasteiger charge is -2.53. The van der Waals surface area contributed by atoms with Crippen LogP contribution in [0.3, 0.4) is 0 Å². The number of piperidine rings is 1. The van der Waals surface area contributed by atoms with Crippen molar-refractivity contribution in [3.63, 3.8) is 0 Å². The smallest absolute Gasteiger partial charge is 0.245 e. The van der Waals surface area contributed by atoms with Gasteiger partial charge in [0.05, 0.1) is 19.3 Å². The molecule has 0 spiro atoms. The first-order chi connectivity index (χ1) is 18.7. The van der Waals surface area contributed by atoms with E-state index in [0.29, 0.717) is 19.5 Å². The van der Waals surface area contributed by atoms with Gasteiger partial charge in [-0.25, -0.2) is 0 Å². The second-order valence-electron chi connectivity index (χ2n) is 11.7. The summed E-state index contributed by atoms with van der Waals surface area (Å²) in [5, 5.41) is 4.00. The van der Waals surface area contributed by atoms with Gasteiger partial charge in [0.1, 0.15) is 23.1 Å². The van der Waals surface area contributed by atoms with Crippen molar-refractivity contribution in [3.05, 3.63) is 59.8 Å². The van der Waals surface area contributed by atoms with Crippen molar-refractivity contribution in [3.8, 4) is 11.5 Å². The van der Waals surface area contributed by atoms with Crippen molar-refractivity contribution in [2.24, 2.45) is 11.8 Å². The van der Waals surface area contributed by atoms with Gasteiger partial charge in [0.15, 0.2) is 0 Å². The van der Waals surface area contributed by atoms with Crippen LogP contribution in [0.15, 0.2) is 48.7 Å². The van der Waals surface area contributed by atoms with Gasteiger partial charge in [-0.15, -0.1) is 0 Å². The Morgan fingerprint density at radius 1 is 1.23 bits per heavy atom. The molecule has 0 radical (unpaired) electrons. The van der Waals surface area contributed by atoms with Crippen molar-refractivity contribution >= 4 is 22.7 Å². The maximum absolute atomic E-state index is 13.8. The van der Waals surface area contributed by atoms with Crippen molar-refractivity contribution in [1.29, 1.82) is 0 Å². The number of carbonyl (C=O) groups is 2. The lowest BCUT2D eigenvalue weighted by atomic mass is 9.70. The molecule has 3 aliphatic heterocycles. The second-order valence-corrected chi connectivity index (χ2v) is 11.7. The zero-order chi connectivity index (χ0) is 27.3. The summed E-state index contributed by atoms with van der Waals surface area (Å²) < 4.78 is 18.7. The number of hydrogen-bond donors (Lipinski definition) is 2. The zero-order valence-corrected chi connectivity index (χ0v) is 23.0. The molecular formula is C31H37N3O5. The number of benzene rings is 2. The summed E-state index contributed by atoms with van der Waals surface area (Å²) in [7, 11) is 1.66. The highest BCUT2D eigenvalue weighted by Gasteiger charge is 2.52. The number of nitrogens with zero attached hydrogens (tertiary/aromatic N) is 1. The number of amides is 2. The summed E-state index contributed by atoms with van der Waals surface area (Å²) in [5.74, 6) is 1.72. The first kappa shape index (κ1) is 25.7. The molecule has 8 heteroatoms. The number of fused-ring (bicyclic) bond motifs is 5. The molecule has 3 aromatic rings. The number of ether oxygens (including phenoxy) is 3. The number of nitrogens with one attached hydrogen (secondary N) is 2. The molecule has 2 N–H and O–H groups in total. The van der Waals surface area contributed by atoms with E-state index in [1.807, 2.05) is 47.5 Å². The van der Waals surface area contributed by atoms with E-state index in [-0.39, 0.29) is 35.9 Å². The number of methoxy groups -OCH3 is 1. The summed E-state index contributed by atoms with van der Waals surface area (Å²) in [6.07, 6.45) is 4.08. The molecular weight excluding hydrogens is 494 g/mol. The maximum atomic E-state index is 13.8. The van der Waals surface area contributed by atoms with Crippen molar-refractivity contribution in [2.75, 3.05) is 20.2 Å². The first-order valence-corrected chi connectivity index (χ1v) is 13.9. The lowest BCUT2D eigenvalue weighted by Crippen LogP contribution is -2.58. The molecule has 8 nitrogen and oxygen atoms in total. The molecule has 2 aromatic carbocycles. The molecule has 1 aromatic heterocycles. The van der Waals surface area contributed by atoms with E-state index in [1.165, 1.54) is 6.92 Å². The van der Waals surface area contributed by atoms with Gasteiger partial charge in [-0.3, -0.25) is 9.59 Å². The van der Waals surface area contributed by atoms with Crippen LogP contribution in [0, 0.1) is 11.8 Å². The molecule has 0 unspecified atom stereocenters. The van der Waals surface area contributed by atoms with Crippen LogP contribution in [-0.4, -0.2) is 59.6 Å². The molecule has 3 aliphatic rings. The van der Waals surface area contributed by atoms with Gasteiger partial charge in [-0.05, 0) is 50.5 Å². The number of carbonyl (C=O) groups excluding carboxylic acids is 2. The van der Waals surface area contributed by atoms with E-state index < -0.39 is 11.6 Å². The Morgan fingerprint density at radius 3 is 2.85 bits per heavy atom. The van der Waals surface area contributed by atoms with Gasteiger partial charge in [0, 0.05) is 67.0 Å². The van der Waals surface area contributed by atoms with E-state index in [9.17, 15) is 9.59 Å². The van der Waals surface area contributed by atoms with E-state index in [2.05, 4.69) is 30.2 Å². The third kappa shape index (κ3) is 4.75. The fraction of sp³-hybridized carbons (Fsp3) is 0.484. The molecule has 2 saturated heterocycles. The number of rotatable bonds is 5. The Bertz CT molecular complexity index is 1400. The average molecular weight is 532 g/mol. The monoisotopic (exact) mass is 531 g/mol. The standard InChI is InChI=1S/C31H37N3O5/c1-18(35)33-26(14-19-16-32-25-8-6-5-7-22(19)25)30(36)34-12-11-27-20(17-34)13-24-29(38-27)23-10-9-21(37-4)15-28(23)39-31(24,2)3/h5-10,15-16,20,24,26-27,29,32H,11-14,17H2,1-4H3,(H,33,35)/t20-,24+,26+,27+,29-/m0/s1. The summed E-state index contributed by atoms with van der Waals surface area (Å²) >= 11 is 0. The van der Waals surface area contributed by atoms with Crippen molar-refractivity contribution in [2.45, 2.75) is 63.9 Å². The minimum absolute atomic E-state index is 0.0346. The Kier molecular flexibility index (Phi) is 6.53. The Hall–Kier alpha value is -3.52. The number of aromatic nitrogens is 1. The largest absolute Gasteiger partial charge is 0.497 e. The quantitative estimate of drug-likeness (QED) is 0.510. The maximum Gasteiger partial charge on any atom is 0.245 e. The van der Waals surface area contributed by atoms with E-state index in [1.54, 1.807) is 7.11 Å². The highest BCUT2D eigenvalue weighted by molar-refractivity contribution is 5.89. The molecule has 0 aliphatic carbocycles. The molecule has 4 heterocycles. The third-order valence-electron chi connectivity index (χ3n) is 8.79. The molecule has 6 rings (SSSR count). The van der Waals surface area contributed by atoms with E-state index >= 15 is 0 Å². The number of aromatic amines is 1. The normalized spacial score (nSPS) is 26.0. The van der Waals surface area contributed by atoms with Crippen LogP contribution in [-0.2, 0) is 20.7 Å². The summed E-state index contributed by atoms with van der Waals surface area (Å²) in [5.41, 5.74) is 2.69. The second kappa shape index (κ2) is 9.90. The van der Waals surface area contributed by atoms with Crippen molar-refractivity contribution in [1.82, 2.24) is 15.2 Å². The number of likely N-dealkylation sites (tertiary alicyclic amines) is 1. The average Bonchev–Trinajstić information content (AvgIpc) is 3.33. The highest BCUT2D eigenvalue weighted by atomic mass is 16.5.